The molecule has 0 amide bonds. The Morgan fingerprint density at radius 2 is 0.872 bits per heavy atom. The SMILES string of the molecule is c1ccc(-c2nc(-c3ccc(-c4ccc5ccccc5c4)cc3)nc(-c3ccc(-c4cccc5[se]c6ccccc6c45)cc3)n2)cc1. The molecule has 0 radical (unpaired) electrons. The summed E-state index contributed by atoms with van der Waals surface area (Å²) in [5, 5.41) is 5.21. The van der Waals surface area contributed by atoms with Crippen molar-refractivity contribution in [3.63, 3.8) is 0 Å². The predicted molar refractivity (Wildman–Crippen MR) is 196 cm³/mol. The normalized spacial score (nSPS) is 11.4. The Morgan fingerprint density at radius 1 is 0.340 bits per heavy atom. The zero-order chi connectivity index (χ0) is 31.2. The standard InChI is InChI=1S/C43H27N3Se/c1-2-10-31(11-3-1)41-44-42(32-22-17-29(18-23-32)35-26-19-28-9-4-5-12-34(28)27-35)46-43(45-41)33-24-20-30(21-25-33)36-14-8-16-39-40(36)37-13-6-7-15-38(37)47-39/h1-27H. The molecule has 0 aliphatic heterocycles. The van der Waals surface area contributed by atoms with Crippen LogP contribution in [0.25, 0.3) is 86.5 Å². The Balaban J connectivity index is 1.10. The van der Waals surface area contributed by atoms with Crippen LogP contribution in [0.2, 0.25) is 0 Å². The number of hydrogen-bond donors (Lipinski definition) is 0. The van der Waals surface area contributed by atoms with Gasteiger partial charge in [0.05, 0.1) is 0 Å². The molecular weight excluding hydrogens is 637 g/mol. The summed E-state index contributed by atoms with van der Waals surface area (Å²) in [6.45, 7) is 0. The van der Waals surface area contributed by atoms with Crippen molar-refractivity contribution in [2.24, 2.45) is 0 Å². The second-order valence-electron chi connectivity index (χ2n) is 11.7. The van der Waals surface area contributed by atoms with Gasteiger partial charge in [-0.1, -0.05) is 66.7 Å². The molecule has 0 aliphatic carbocycles. The quantitative estimate of drug-likeness (QED) is 0.172. The molecule has 0 spiro atoms. The van der Waals surface area contributed by atoms with E-state index in [0.717, 1.165) is 22.3 Å². The van der Waals surface area contributed by atoms with Crippen LogP contribution in [0.15, 0.2) is 164 Å². The molecule has 7 aromatic carbocycles. The van der Waals surface area contributed by atoms with E-state index in [4.69, 9.17) is 15.0 Å². The van der Waals surface area contributed by atoms with Crippen molar-refractivity contribution in [3.8, 4) is 56.4 Å². The van der Waals surface area contributed by atoms with E-state index in [2.05, 4.69) is 133 Å². The van der Waals surface area contributed by atoms with Crippen LogP contribution in [0.3, 0.4) is 0 Å². The number of hydrogen-bond acceptors (Lipinski definition) is 3. The zero-order valence-electron chi connectivity index (χ0n) is 25.3. The number of benzene rings is 7. The van der Waals surface area contributed by atoms with E-state index in [1.165, 1.54) is 46.8 Å². The van der Waals surface area contributed by atoms with E-state index in [9.17, 15) is 0 Å². The molecule has 0 N–H and O–H groups in total. The Labute approximate surface area is 278 Å². The van der Waals surface area contributed by atoms with E-state index in [1.54, 1.807) is 0 Å². The molecule has 220 valence electrons. The summed E-state index contributed by atoms with van der Waals surface area (Å²) in [6, 6.07) is 57.9. The van der Waals surface area contributed by atoms with E-state index in [-0.39, 0.29) is 0 Å². The summed E-state index contributed by atoms with van der Waals surface area (Å²) in [7, 11) is 0. The van der Waals surface area contributed by atoms with Crippen molar-refractivity contribution in [2.45, 2.75) is 0 Å². The predicted octanol–water partition coefficient (Wildman–Crippen LogP) is 10.7. The summed E-state index contributed by atoms with van der Waals surface area (Å²) in [6.07, 6.45) is 0. The molecule has 2 heterocycles. The average molecular weight is 665 g/mol. The number of aromatic nitrogens is 3. The third-order valence-electron chi connectivity index (χ3n) is 8.75. The van der Waals surface area contributed by atoms with Crippen LogP contribution >= 0.6 is 0 Å². The first-order valence-electron chi connectivity index (χ1n) is 15.7. The van der Waals surface area contributed by atoms with E-state index in [0.29, 0.717) is 32.0 Å². The molecule has 4 heteroatoms. The fraction of sp³-hybridized carbons (Fsp3) is 0. The van der Waals surface area contributed by atoms with E-state index in [1.807, 2.05) is 30.3 Å². The maximum atomic E-state index is 5.01. The molecule has 47 heavy (non-hydrogen) atoms. The van der Waals surface area contributed by atoms with Gasteiger partial charge < -0.3 is 0 Å². The summed E-state index contributed by atoms with van der Waals surface area (Å²) >= 11 is 0.338. The van der Waals surface area contributed by atoms with Crippen molar-refractivity contribution < 1.29 is 0 Å². The third-order valence-corrected chi connectivity index (χ3v) is 11.1. The summed E-state index contributed by atoms with van der Waals surface area (Å²) < 4.78 is 2.90. The van der Waals surface area contributed by atoms with Gasteiger partial charge in [-0.05, 0) is 28.0 Å². The second kappa shape index (κ2) is 11.6. The molecule has 0 aliphatic rings. The fourth-order valence-corrected chi connectivity index (χ4v) is 8.72. The first kappa shape index (κ1) is 27.6. The Kier molecular flexibility index (Phi) is 6.82. The minimum Gasteiger partial charge on any atom is -0.0615 e. The number of rotatable bonds is 5. The van der Waals surface area contributed by atoms with Crippen LogP contribution in [0.4, 0.5) is 0 Å². The molecular formula is C43H27N3Se. The smallest absolute Gasteiger partial charge is 0.0615 e. The van der Waals surface area contributed by atoms with Gasteiger partial charge in [-0.3, -0.25) is 0 Å². The second-order valence-corrected chi connectivity index (χ2v) is 13.9. The summed E-state index contributed by atoms with van der Waals surface area (Å²) in [4.78, 5) is 14.9. The van der Waals surface area contributed by atoms with Crippen molar-refractivity contribution >= 4 is 44.6 Å². The van der Waals surface area contributed by atoms with E-state index >= 15 is 0 Å². The maximum absolute atomic E-state index is 5.01. The van der Waals surface area contributed by atoms with Crippen LogP contribution in [0.5, 0.6) is 0 Å². The molecule has 0 unspecified atom stereocenters. The molecule has 0 bridgehead atoms. The van der Waals surface area contributed by atoms with Gasteiger partial charge in [0.2, 0.25) is 0 Å². The minimum atomic E-state index is 0.338. The van der Waals surface area contributed by atoms with Gasteiger partial charge in [-0.25, -0.2) is 0 Å². The summed E-state index contributed by atoms with van der Waals surface area (Å²) in [5.41, 5.74) is 7.68. The van der Waals surface area contributed by atoms with Crippen molar-refractivity contribution in [3.05, 3.63) is 164 Å². The molecule has 0 atom stereocenters. The van der Waals surface area contributed by atoms with Crippen LogP contribution in [-0.2, 0) is 0 Å². The number of nitrogens with zero attached hydrogens (tertiary/aromatic N) is 3. The Hall–Kier alpha value is -5.67. The van der Waals surface area contributed by atoms with Gasteiger partial charge in [0, 0.05) is 0 Å². The zero-order valence-corrected chi connectivity index (χ0v) is 27.1. The van der Waals surface area contributed by atoms with Gasteiger partial charge in [0.15, 0.2) is 0 Å². The van der Waals surface area contributed by atoms with Crippen molar-refractivity contribution in [2.75, 3.05) is 0 Å². The molecule has 2 aromatic heterocycles. The topological polar surface area (TPSA) is 38.7 Å². The number of fused-ring (bicyclic) bond motifs is 4. The van der Waals surface area contributed by atoms with E-state index < -0.39 is 0 Å². The van der Waals surface area contributed by atoms with Gasteiger partial charge in [0.1, 0.15) is 0 Å². The van der Waals surface area contributed by atoms with Crippen LogP contribution in [-0.4, -0.2) is 29.5 Å². The average Bonchev–Trinajstić information content (AvgIpc) is 3.54. The van der Waals surface area contributed by atoms with Gasteiger partial charge in [0.25, 0.3) is 0 Å². The molecule has 0 saturated heterocycles. The molecule has 9 aromatic rings. The van der Waals surface area contributed by atoms with Crippen molar-refractivity contribution in [1.82, 2.24) is 15.0 Å². The third kappa shape index (κ3) is 5.14. The molecule has 0 fully saturated rings. The van der Waals surface area contributed by atoms with Gasteiger partial charge >= 0.3 is 185 Å². The van der Waals surface area contributed by atoms with Crippen LogP contribution < -0.4 is 0 Å². The van der Waals surface area contributed by atoms with Crippen LogP contribution in [0, 0.1) is 0 Å². The summed E-state index contributed by atoms with van der Waals surface area (Å²) in [5.74, 6) is 1.97. The first-order chi connectivity index (χ1) is 23.3. The van der Waals surface area contributed by atoms with Gasteiger partial charge in [-0.15, -0.1) is 0 Å². The Morgan fingerprint density at radius 3 is 1.60 bits per heavy atom. The van der Waals surface area contributed by atoms with Crippen LogP contribution in [0.1, 0.15) is 0 Å². The molecule has 9 rings (SSSR count). The van der Waals surface area contributed by atoms with Gasteiger partial charge in [-0.2, -0.15) is 0 Å². The Bertz CT molecular complexity index is 2550. The molecule has 0 saturated carbocycles. The molecule has 3 nitrogen and oxygen atoms in total. The fourth-order valence-electron chi connectivity index (χ4n) is 6.35. The first-order valence-corrected chi connectivity index (χ1v) is 17.4. The minimum absolute atomic E-state index is 0.338. The van der Waals surface area contributed by atoms with Crippen molar-refractivity contribution in [1.29, 1.82) is 0 Å². The monoisotopic (exact) mass is 665 g/mol.